The maximum absolute atomic E-state index is 12.3. The Balaban J connectivity index is 1.84. The van der Waals surface area contributed by atoms with Gasteiger partial charge in [0.15, 0.2) is 0 Å². The summed E-state index contributed by atoms with van der Waals surface area (Å²) in [5.41, 5.74) is 0. The molecule has 98 valence electrons. The van der Waals surface area contributed by atoms with Gasteiger partial charge in [-0.1, -0.05) is 0 Å². The van der Waals surface area contributed by atoms with Crippen molar-refractivity contribution < 1.29 is 4.79 Å². The summed E-state index contributed by atoms with van der Waals surface area (Å²) in [6, 6.07) is 0.489. The Hall–Kier alpha value is -0.0105. The van der Waals surface area contributed by atoms with Crippen LogP contribution in [-0.4, -0.2) is 26.9 Å². The summed E-state index contributed by atoms with van der Waals surface area (Å²) in [6.45, 7) is 0. The Bertz CT molecular complexity index is 251. The van der Waals surface area contributed by atoms with Gasteiger partial charge in [-0.05, 0) is 0 Å². The van der Waals surface area contributed by atoms with Crippen molar-refractivity contribution in [3.63, 3.8) is 0 Å². The Labute approximate surface area is 111 Å². The van der Waals surface area contributed by atoms with Crippen molar-refractivity contribution in [3.8, 4) is 0 Å². The van der Waals surface area contributed by atoms with E-state index in [1.807, 2.05) is 0 Å². The van der Waals surface area contributed by atoms with Crippen molar-refractivity contribution in [3.05, 3.63) is 0 Å². The first-order chi connectivity index (χ1) is 8.31. The average Bonchev–Trinajstić information content (AvgIpc) is 2.40. The van der Waals surface area contributed by atoms with Crippen molar-refractivity contribution in [2.45, 2.75) is 74.5 Å². The predicted octanol–water partition coefficient (Wildman–Crippen LogP) is 3.17. The molecule has 1 amide bonds. The van der Waals surface area contributed by atoms with E-state index in [9.17, 15) is 4.79 Å². The number of hydrogen-bond donors (Lipinski definition) is 1. The van der Waals surface area contributed by atoms with E-state index in [2.05, 4.69) is 11.1 Å². The zero-order chi connectivity index (χ0) is 12.1. The summed E-state index contributed by atoms with van der Waals surface area (Å²) in [6.07, 6.45) is 11.4. The molecule has 2 rings (SSSR count). The van der Waals surface area contributed by atoms with E-state index in [1.165, 1.54) is 51.4 Å². The molecule has 2 saturated carbocycles. The second kappa shape index (κ2) is 6.80. The van der Waals surface area contributed by atoms with Crippen molar-refractivity contribution in [2.75, 3.05) is 0 Å². The van der Waals surface area contributed by atoms with Crippen LogP contribution in [0.3, 0.4) is 0 Å². The topological polar surface area (TPSA) is 29.1 Å². The fourth-order valence-electron chi connectivity index (χ4n) is 3.23. The summed E-state index contributed by atoms with van der Waals surface area (Å²) in [5.74, 6) is 3.02. The van der Waals surface area contributed by atoms with Gasteiger partial charge in [-0.2, -0.15) is 0 Å². The number of carbonyl (C=O) groups excluding carboxylic acids is 1. The molecular formula is C14H25NOSe. The molecule has 2 unspecified atom stereocenters. The van der Waals surface area contributed by atoms with Crippen LogP contribution >= 0.6 is 0 Å². The first kappa shape index (κ1) is 13.4. The van der Waals surface area contributed by atoms with E-state index in [1.54, 1.807) is 0 Å². The van der Waals surface area contributed by atoms with Gasteiger partial charge in [0.1, 0.15) is 0 Å². The van der Waals surface area contributed by atoms with E-state index in [4.69, 9.17) is 0 Å². The number of rotatable bonds is 3. The first-order valence-corrected chi connectivity index (χ1v) is 9.84. The van der Waals surface area contributed by atoms with E-state index in [-0.39, 0.29) is 0 Å². The van der Waals surface area contributed by atoms with Gasteiger partial charge < -0.3 is 0 Å². The molecule has 0 heterocycles. The first-order valence-electron chi connectivity index (χ1n) is 7.14. The van der Waals surface area contributed by atoms with Crippen LogP contribution in [0.25, 0.3) is 0 Å². The van der Waals surface area contributed by atoms with Crippen LogP contribution in [0.1, 0.15) is 57.8 Å². The van der Waals surface area contributed by atoms with E-state index in [0.717, 1.165) is 6.42 Å². The third kappa shape index (κ3) is 3.72. The molecule has 17 heavy (non-hydrogen) atoms. The third-order valence-electron chi connectivity index (χ3n) is 4.29. The van der Waals surface area contributed by atoms with Crippen LogP contribution in [0.5, 0.6) is 0 Å². The fraction of sp³-hybridized carbons (Fsp3) is 0.929. The van der Waals surface area contributed by atoms with Crippen molar-refractivity contribution >= 4 is 20.9 Å². The van der Waals surface area contributed by atoms with Crippen LogP contribution < -0.4 is 5.32 Å². The number of amides is 1. The van der Waals surface area contributed by atoms with Crippen LogP contribution in [0.4, 0.5) is 0 Å². The molecule has 2 aliphatic rings. The summed E-state index contributed by atoms with van der Waals surface area (Å²) < 4.78 is 0. The van der Waals surface area contributed by atoms with Gasteiger partial charge in [-0.3, -0.25) is 0 Å². The van der Waals surface area contributed by atoms with Gasteiger partial charge in [-0.25, -0.2) is 0 Å². The van der Waals surface area contributed by atoms with Gasteiger partial charge in [0, 0.05) is 0 Å². The molecule has 0 aromatic heterocycles. The van der Waals surface area contributed by atoms with Gasteiger partial charge >= 0.3 is 111 Å². The van der Waals surface area contributed by atoms with Gasteiger partial charge in [0.05, 0.1) is 0 Å². The van der Waals surface area contributed by atoms with Gasteiger partial charge in [0.25, 0.3) is 0 Å². The molecule has 2 aliphatic carbocycles. The summed E-state index contributed by atoms with van der Waals surface area (Å²) in [7, 11) is 0. The SMILES string of the molecule is C[Se]C1CCCCC1C(=O)NC1CCCCC1. The Morgan fingerprint density at radius 1 is 1.00 bits per heavy atom. The summed E-state index contributed by atoms with van der Waals surface area (Å²) in [5, 5.41) is 3.32. The summed E-state index contributed by atoms with van der Waals surface area (Å²) >= 11 is 0.634. The third-order valence-corrected chi connectivity index (χ3v) is 6.75. The Kier molecular flexibility index (Phi) is 5.37. The molecule has 1 N–H and O–H groups in total. The molecule has 3 heteroatoms. The van der Waals surface area contributed by atoms with Crippen LogP contribution in [0, 0.1) is 5.92 Å². The second-order valence-corrected chi connectivity index (χ2v) is 7.77. The van der Waals surface area contributed by atoms with Crippen molar-refractivity contribution in [1.82, 2.24) is 5.32 Å². The number of nitrogens with one attached hydrogen (secondary N) is 1. The number of carbonyl (C=O) groups is 1. The second-order valence-electron chi connectivity index (χ2n) is 5.51. The molecule has 0 aliphatic heterocycles. The molecule has 2 nitrogen and oxygen atoms in total. The average molecular weight is 302 g/mol. The molecule has 0 bridgehead atoms. The Morgan fingerprint density at radius 2 is 1.65 bits per heavy atom. The van der Waals surface area contributed by atoms with Crippen LogP contribution in [0.15, 0.2) is 0 Å². The minimum atomic E-state index is 0.343. The van der Waals surface area contributed by atoms with Crippen LogP contribution in [0.2, 0.25) is 10.6 Å². The minimum absolute atomic E-state index is 0.343. The zero-order valence-corrected chi connectivity index (χ0v) is 12.6. The molecule has 0 saturated heterocycles. The van der Waals surface area contributed by atoms with Gasteiger partial charge in [-0.15, -0.1) is 0 Å². The van der Waals surface area contributed by atoms with Gasteiger partial charge in [0.2, 0.25) is 0 Å². The van der Waals surface area contributed by atoms with Crippen molar-refractivity contribution in [2.24, 2.45) is 5.92 Å². The molecule has 2 atom stereocenters. The van der Waals surface area contributed by atoms with Crippen molar-refractivity contribution in [1.29, 1.82) is 0 Å². The molecule has 0 aromatic rings. The van der Waals surface area contributed by atoms with E-state index in [0.29, 0.717) is 37.6 Å². The molecular weight excluding hydrogens is 277 g/mol. The standard InChI is InChI=1S/C14H25NOSe/c1-17-13-10-6-5-9-12(13)14(16)15-11-7-3-2-4-8-11/h11-13H,2-10H2,1H3,(H,15,16). The van der Waals surface area contributed by atoms with Crippen LogP contribution in [-0.2, 0) is 4.79 Å². The summed E-state index contributed by atoms with van der Waals surface area (Å²) in [4.78, 5) is 13.0. The molecule has 2 fully saturated rings. The Morgan fingerprint density at radius 3 is 2.35 bits per heavy atom. The van der Waals surface area contributed by atoms with E-state index >= 15 is 0 Å². The monoisotopic (exact) mass is 303 g/mol. The quantitative estimate of drug-likeness (QED) is 0.797. The van der Waals surface area contributed by atoms with E-state index < -0.39 is 0 Å². The molecule has 0 spiro atoms. The maximum atomic E-state index is 12.3. The molecule has 0 radical (unpaired) electrons. The zero-order valence-electron chi connectivity index (χ0n) is 10.9. The number of hydrogen-bond acceptors (Lipinski definition) is 1. The molecule has 0 aromatic carbocycles. The predicted molar refractivity (Wildman–Crippen MR) is 72.3 cm³/mol. The normalized spacial score (nSPS) is 31.1. The fourth-order valence-corrected chi connectivity index (χ4v) is 5.31.